The zero-order valence-corrected chi connectivity index (χ0v) is 16.6. The maximum atomic E-state index is 12.4. The van der Waals surface area contributed by atoms with Gasteiger partial charge < -0.3 is 19.4 Å². The quantitative estimate of drug-likeness (QED) is 0.764. The minimum Gasteiger partial charge on any atom is -0.444 e. The van der Waals surface area contributed by atoms with Gasteiger partial charge >= 0.3 is 6.09 Å². The Labute approximate surface area is 156 Å². The standard InChI is InChI=1S/C19H33N3O4/c1-5-15-7-6-10-22(15)17(24)9-8-16(23)20-11-13-21(14-12-20)18(25)26-19(2,3)4/h15H,5-14H2,1-4H3. The number of rotatable bonds is 4. The second-order valence-corrected chi connectivity index (χ2v) is 8.14. The van der Waals surface area contributed by atoms with E-state index in [1.54, 1.807) is 9.80 Å². The topological polar surface area (TPSA) is 70.2 Å². The van der Waals surface area contributed by atoms with Crippen molar-refractivity contribution in [3.05, 3.63) is 0 Å². The first-order valence-electron chi connectivity index (χ1n) is 9.76. The van der Waals surface area contributed by atoms with Crippen molar-refractivity contribution in [3.8, 4) is 0 Å². The smallest absolute Gasteiger partial charge is 0.410 e. The van der Waals surface area contributed by atoms with Gasteiger partial charge in [0.2, 0.25) is 11.8 Å². The highest BCUT2D eigenvalue weighted by Crippen LogP contribution is 2.21. The Morgan fingerprint density at radius 1 is 0.923 bits per heavy atom. The maximum absolute atomic E-state index is 12.4. The lowest BCUT2D eigenvalue weighted by atomic mass is 10.1. The van der Waals surface area contributed by atoms with Gasteiger partial charge in [-0.1, -0.05) is 6.92 Å². The first kappa shape index (κ1) is 20.5. The van der Waals surface area contributed by atoms with Gasteiger partial charge in [0.15, 0.2) is 0 Å². The summed E-state index contributed by atoms with van der Waals surface area (Å²) in [7, 11) is 0. The van der Waals surface area contributed by atoms with Crippen molar-refractivity contribution in [2.45, 2.75) is 71.4 Å². The van der Waals surface area contributed by atoms with E-state index in [0.29, 0.717) is 32.2 Å². The van der Waals surface area contributed by atoms with Gasteiger partial charge in [0.1, 0.15) is 5.60 Å². The normalized spacial score (nSPS) is 21.1. The first-order valence-corrected chi connectivity index (χ1v) is 9.76. The van der Waals surface area contributed by atoms with Crippen LogP contribution in [0.4, 0.5) is 4.79 Å². The molecule has 2 saturated heterocycles. The van der Waals surface area contributed by atoms with E-state index in [1.807, 2.05) is 25.7 Å². The molecule has 0 N–H and O–H groups in total. The number of hydrogen-bond donors (Lipinski definition) is 0. The molecule has 148 valence electrons. The molecule has 3 amide bonds. The van der Waals surface area contributed by atoms with Crippen LogP contribution in [-0.2, 0) is 14.3 Å². The van der Waals surface area contributed by atoms with Gasteiger partial charge in [-0.2, -0.15) is 0 Å². The molecule has 2 aliphatic rings. The summed E-state index contributed by atoms with van der Waals surface area (Å²) in [6.45, 7) is 10.4. The molecular formula is C19H33N3O4. The van der Waals surface area contributed by atoms with Crippen LogP contribution in [0.3, 0.4) is 0 Å². The fourth-order valence-corrected chi connectivity index (χ4v) is 3.57. The highest BCUT2D eigenvalue weighted by molar-refractivity contribution is 5.84. The highest BCUT2D eigenvalue weighted by Gasteiger charge is 2.30. The summed E-state index contributed by atoms with van der Waals surface area (Å²) in [4.78, 5) is 42.1. The molecule has 0 aromatic rings. The molecule has 26 heavy (non-hydrogen) atoms. The van der Waals surface area contributed by atoms with E-state index in [4.69, 9.17) is 4.74 Å². The summed E-state index contributed by atoms with van der Waals surface area (Å²) >= 11 is 0. The van der Waals surface area contributed by atoms with Gasteiger partial charge in [0.25, 0.3) is 0 Å². The number of nitrogens with zero attached hydrogens (tertiary/aromatic N) is 3. The van der Waals surface area contributed by atoms with Crippen molar-refractivity contribution >= 4 is 17.9 Å². The second-order valence-electron chi connectivity index (χ2n) is 8.14. The molecular weight excluding hydrogens is 334 g/mol. The predicted molar refractivity (Wildman–Crippen MR) is 98.6 cm³/mol. The number of carbonyl (C=O) groups excluding carboxylic acids is 3. The van der Waals surface area contributed by atoms with E-state index in [2.05, 4.69) is 6.92 Å². The fraction of sp³-hybridized carbons (Fsp3) is 0.842. The molecule has 0 spiro atoms. The van der Waals surface area contributed by atoms with Crippen molar-refractivity contribution in [2.75, 3.05) is 32.7 Å². The fourth-order valence-electron chi connectivity index (χ4n) is 3.57. The summed E-state index contributed by atoms with van der Waals surface area (Å²) in [5.41, 5.74) is -0.518. The van der Waals surface area contributed by atoms with E-state index in [1.165, 1.54) is 0 Å². The number of hydrogen-bond acceptors (Lipinski definition) is 4. The molecule has 7 nitrogen and oxygen atoms in total. The average molecular weight is 367 g/mol. The molecule has 2 rings (SSSR count). The van der Waals surface area contributed by atoms with Crippen LogP contribution >= 0.6 is 0 Å². The molecule has 2 aliphatic heterocycles. The summed E-state index contributed by atoms with van der Waals surface area (Å²) in [5, 5.41) is 0. The van der Waals surface area contributed by atoms with Crippen LogP contribution in [0.15, 0.2) is 0 Å². The average Bonchev–Trinajstić information content (AvgIpc) is 3.06. The third-order valence-corrected chi connectivity index (χ3v) is 5.01. The molecule has 0 bridgehead atoms. The Morgan fingerprint density at radius 2 is 1.50 bits per heavy atom. The summed E-state index contributed by atoms with van der Waals surface area (Å²) in [6.07, 6.45) is 3.30. The Hall–Kier alpha value is -1.79. The van der Waals surface area contributed by atoms with Crippen LogP contribution < -0.4 is 0 Å². The lowest BCUT2D eigenvalue weighted by Crippen LogP contribution is -2.51. The van der Waals surface area contributed by atoms with Crippen LogP contribution in [0, 0.1) is 0 Å². The van der Waals surface area contributed by atoms with Gasteiger partial charge in [0, 0.05) is 51.6 Å². The highest BCUT2D eigenvalue weighted by atomic mass is 16.6. The molecule has 0 saturated carbocycles. The number of amides is 3. The molecule has 1 unspecified atom stereocenters. The molecule has 0 aromatic carbocycles. The minimum absolute atomic E-state index is 0.00515. The monoisotopic (exact) mass is 367 g/mol. The van der Waals surface area contributed by atoms with E-state index in [-0.39, 0.29) is 30.7 Å². The zero-order chi connectivity index (χ0) is 19.3. The predicted octanol–water partition coefficient (Wildman–Crippen LogP) is 2.25. The maximum Gasteiger partial charge on any atom is 0.410 e. The molecule has 1 atom stereocenters. The Balaban J connectivity index is 1.73. The van der Waals surface area contributed by atoms with Crippen LogP contribution in [0.5, 0.6) is 0 Å². The van der Waals surface area contributed by atoms with Crippen molar-refractivity contribution in [1.82, 2.24) is 14.7 Å². The third kappa shape index (κ3) is 5.61. The van der Waals surface area contributed by atoms with Crippen LogP contribution in [0.2, 0.25) is 0 Å². The lowest BCUT2D eigenvalue weighted by molar-refractivity contribution is -0.138. The second kappa shape index (κ2) is 8.73. The van der Waals surface area contributed by atoms with E-state index in [0.717, 1.165) is 25.8 Å². The van der Waals surface area contributed by atoms with Crippen LogP contribution in [0.1, 0.15) is 59.8 Å². The Morgan fingerprint density at radius 3 is 2.08 bits per heavy atom. The summed E-state index contributed by atoms with van der Waals surface area (Å²) in [5.74, 6) is 0.0875. The zero-order valence-electron chi connectivity index (χ0n) is 16.6. The number of likely N-dealkylation sites (tertiary alicyclic amines) is 1. The number of ether oxygens (including phenoxy) is 1. The number of carbonyl (C=O) groups is 3. The van der Waals surface area contributed by atoms with Crippen molar-refractivity contribution in [3.63, 3.8) is 0 Å². The SMILES string of the molecule is CCC1CCCN1C(=O)CCC(=O)N1CCN(C(=O)OC(C)(C)C)CC1. The van der Waals surface area contributed by atoms with Gasteiger partial charge in [-0.05, 0) is 40.0 Å². The van der Waals surface area contributed by atoms with E-state index < -0.39 is 5.60 Å². The third-order valence-electron chi connectivity index (χ3n) is 5.01. The van der Waals surface area contributed by atoms with Gasteiger partial charge in [0.05, 0.1) is 0 Å². The lowest BCUT2D eigenvalue weighted by Gasteiger charge is -2.35. The van der Waals surface area contributed by atoms with Crippen molar-refractivity contribution in [2.24, 2.45) is 0 Å². The minimum atomic E-state index is -0.518. The Bertz CT molecular complexity index is 521. The largest absolute Gasteiger partial charge is 0.444 e. The summed E-state index contributed by atoms with van der Waals surface area (Å²) in [6, 6.07) is 0.343. The molecule has 2 fully saturated rings. The van der Waals surface area contributed by atoms with Gasteiger partial charge in [-0.3, -0.25) is 9.59 Å². The molecule has 0 aromatic heterocycles. The molecule has 0 aliphatic carbocycles. The van der Waals surface area contributed by atoms with Crippen molar-refractivity contribution < 1.29 is 19.1 Å². The van der Waals surface area contributed by atoms with Crippen LogP contribution in [0.25, 0.3) is 0 Å². The van der Waals surface area contributed by atoms with Gasteiger partial charge in [-0.15, -0.1) is 0 Å². The molecule has 2 heterocycles. The van der Waals surface area contributed by atoms with E-state index in [9.17, 15) is 14.4 Å². The van der Waals surface area contributed by atoms with Crippen LogP contribution in [-0.4, -0.2) is 77.0 Å². The van der Waals surface area contributed by atoms with Crippen molar-refractivity contribution in [1.29, 1.82) is 0 Å². The van der Waals surface area contributed by atoms with E-state index >= 15 is 0 Å². The molecule has 0 radical (unpaired) electrons. The first-order chi connectivity index (χ1) is 12.2. The summed E-state index contributed by atoms with van der Waals surface area (Å²) < 4.78 is 5.36. The Kier molecular flexibility index (Phi) is 6.89. The molecule has 7 heteroatoms. The van der Waals surface area contributed by atoms with Gasteiger partial charge in [-0.25, -0.2) is 4.79 Å². The number of piperazine rings is 1.